The Morgan fingerprint density at radius 3 is 2.88 bits per heavy atom. The van der Waals surface area contributed by atoms with Crippen LogP contribution in [0.25, 0.3) is 0 Å². The van der Waals surface area contributed by atoms with Gasteiger partial charge in [-0.15, -0.1) is 0 Å². The summed E-state index contributed by atoms with van der Waals surface area (Å²) in [6.07, 6.45) is 2.43. The van der Waals surface area contributed by atoms with Gasteiger partial charge in [-0.05, 0) is 26.7 Å². The van der Waals surface area contributed by atoms with Gasteiger partial charge in [-0.25, -0.2) is 0 Å². The molecule has 2 saturated heterocycles. The molecular weight excluding hydrogens is 218 g/mol. The van der Waals surface area contributed by atoms with Crippen molar-refractivity contribution in [2.45, 2.75) is 38.8 Å². The van der Waals surface area contributed by atoms with Crippen LogP contribution >= 0.6 is 0 Å². The van der Waals surface area contributed by atoms with Gasteiger partial charge >= 0.3 is 0 Å². The van der Waals surface area contributed by atoms with Crippen LogP contribution in [0.2, 0.25) is 0 Å². The maximum atomic E-state index is 9.69. The predicted octanol–water partition coefficient (Wildman–Crippen LogP) is 0.885. The smallest absolute Gasteiger partial charge is 0.0674 e. The van der Waals surface area contributed by atoms with Gasteiger partial charge < -0.3 is 14.6 Å². The van der Waals surface area contributed by atoms with Crippen molar-refractivity contribution in [1.82, 2.24) is 4.90 Å². The summed E-state index contributed by atoms with van der Waals surface area (Å²) < 4.78 is 11.2. The summed E-state index contributed by atoms with van der Waals surface area (Å²) in [5.74, 6) is 0. The molecule has 3 unspecified atom stereocenters. The highest BCUT2D eigenvalue weighted by molar-refractivity contribution is 4.88. The first-order chi connectivity index (χ1) is 8.15. The molecule has 1 N–H and O–H groups in total. The van der Waals surface area contributed by atoms with E-state index in [1.165, 1.54) is 0 Å². The van der Waals surface area contributed by atoms with Gasteiger partial charge in [0.15, 0.2) is 0 Å². The van der Waals surface area contributed by atoms with Crippen LogP contribution in [0.4, 0.5) is 0 Å². The van der Waals surface area contributed by atoms with E-state index in [1.54, 1.807) is 0 Å². The Kier molecular flexibility index (Phi) is 4.42. The van der Waals surface area contributed by atoms with Crippen molar-refractivity contribution in [3.8, 4) is 0 Å². The summed E-state index contributed by atoms with van der Waals surface area (Å²) in [6.45, 7) is 8.76. The fourth-order valence-electron chi connectivity index (χ4n) is 2.83. The van der Waals surface area contributed by atoms with E-state index in [0.717, 1.165) is 39.1 Å². The van der Waals surface area contributed by atoms with Crippen LogP contribution in [-0.4, -0.2) is 61.7 Å². The number of aliphatic hydroxyl groups is 1. The van der Waals surface area contributed by atoms with E-state index in [2.05, 4.69) is 18.7 Å². The van der Waals surface area contributed by atoms with Gasteiger partial charge in [0.2, 0.25) is 0 Å². The van der Waals surface area contributed by atoms with Gasteiger partial charge in [-0.3, -0.25) is 4.90 Å². The Labute approximate surface area is 104 Å². The molecule has 0 radical (unpaired) electrons. The van der Waals surface area contributed by atoms with Crippen molar-refractivity contribution >= 4 is 0 Å². The minimum Gasteiger partial charge on any atom is -0.396 e. The molecule has 0 amide bonds. The Hall–Kier alpha value is -0.160. The third kappa shape index (κ3) is 3.19. The lowest BCUT2D eigenvalue weighted by atomic mass is 9.82. The average Bonchev–Trinajstić information content (AvgIpc) is 2.35. The van der Waals surface area contributed by atoms with E-state index in [-0.39, 0.29) is 12.0 Å². The second-order valence-corrected chi connectivity index (χ2v) is 5.74. The van der Waals surface area contributed by atoms with Crippen molar-refractivity contribution in [2.24, 2.45) is 5.41 Å². The molecule has 0 aliphatic carbocycles. The maximum absolute atomic E-state index is 9.69. The quantitative estimate of drug-likeness (QED) is 0.799. The van der Waals surface area contributed by atoms with E-state index >= 15 is 0 Å². The number of hydrogen-bond acceptors (Lipinski definition) is 4. The normalized spacial score (nSPS) is 40.4. The third-order valence-corrected chi connectivity index (χ3v) is 4.01. The summed E-state index contributed by atoms with van der Waals surface area (Å²) >= 11 is 0. The minimum atomic E-state index is -0.0520. The Balaban J connectivity index is 1.96. The largest absolute Gasteiger partial charge is 0.396 e. The summed E-state index contributed by atoms with van der Waals surface area (Å²) in [5.41, 5.74) is -0.0520. The van der Waals surface area contributed by atoms with Crippen molar-refractivity contribution in [1.29, 1.82) is 0 Å². The van der Waals surface area contributed by atoms with Crippen LogP contribution in [-0.2, 0) is 9.47 Å². The molecule has 2 aliphatic heterocycles. The van der Waals surface area contributed by atoms with E-state index in [9.17, 15) is 5.11 Å². The highest BCUT2D eigenvalue weighted by atomic mass is 16.5. The van der Waals surface area contributed by atoms with Crippen LogP contribution in [0.5, 0.6) is 0 Å². The molecule has 2 fully saturated rings. The number of nitrogens with zero attached hydrogens (tertiary/aromatic N) is 1. The van der Waals surface area contributed by atoms with Crippen LogP contribution in [0.3, 0.4) is 0 Å². The lowest BCUT2D eigenvalue weighted by molar-refractivity contribution is -0.0986. The SMILES string of the molecule is CC1CN(CC2(CO)CCCOC2)C(C)CO1. The predicted molar refractivity (Wildman–Crippen MR) is 66.0 cm³/mol. The fourth-order valence-corrected chi connectivity index (χ4v) is 2.83. The lowest BCUT2D eigenvalue weighted by Crippen LogP contribution is -2.54. The first kappa shape index (κ1) is 13.3. The molecule has 100 valence electrons. The Morgan fingerprint density at radius 1 is 1.41 bits per heavy atom. The van der Waals surface area contributed by atoms with Crippen LogP contribution in [0, 0.1) is 5.41 Å². The van der Waals surface area contributed by atoms with Crippen molar-refractivity contribution < 1.29 is 14.6 Å². The van der Waals surface area contributed by atoms with Gasteiger partial charge in [0.05, 0.1) is 25.9 Å². The highest BCUT2D eigenvalue weighted by Gasteiger charge is 2.37. The zero-order valence-electron chi connectivity index (χ0n) is 11.0. The molecule has 4 nitrogen and oxygen atoms in total. The maximum Gasteiger partial charge on any atom is 0.0674 e. The number of rotatable bonds is 3. The second kappa shape index (κ2) is 5.65. The third-order valence-electron chi connectivity index (χ3n) is 4.01. The van der Waals surface area contributed by atoms with Gasteiger partial charge in [0.25, 0.3) is 0 Å². The van der Waals surface area contributed by atoms with Gasteiger partial charge in [0.1, 0.15) is 0 Å². The number of ether oxygens (including phenoxy) is 2. The van der Waals surface area contributed by atoms with E-state index < -0.39 is 0 Å². The summed E-state index contributed by atoms with van der Waals surface area (Å²) in [4.78, 5) is 2.44. The standard InChI is InChI=1S/C13H25NO3/c1-11-7-17-12(2)6-14(11)8-13(9-15)4-3-5-16-10-13/h11-12,15H,3-10H2,1-2H3. The zero-order chi connectivity index (χ0) is 12.3. The molecule has 0 spiro atoms. The molecule has 2 heterocycles. The van der Waals surface area contributed by atoms with E-state index in [1.807, 2.05) is 0 Å². The molecule has 0 aromatic rings. The first-order valence-electron chi connectivity index (χ1n) is 6.69. The fraction of sp³-hybridized carbons (Fsp3) is 1.00. The number of hydrogen-bond donors (Lipinski definition) is 1. The molecule has 2 rings (SSSR count). The summed E-state index contributed by atoms with van der Waals surface area (Å²) in [7, 11) is 0. The molecule has 0 bridgehead atoms. The summed E-state index contributed by atoms with van der Waals surface area (Å²) in [6, 6.07) is 0.441. The number of aliphatic hydroxyl groups excluding tert-OH is 1. The minimum absolute atomic E-state index is 0.0520. The zero-order valence-corrected chi connectivity index (χ0v) is 11.0. The highest BCUT2D eigenvalue weighted by Crippen LogP contribution is 2.30. The molecule has 0 saturated carbocycles. The van der Waals surface area contributed by atoms with Crippen LogP contribution in [0.1, 0.15) is 26.7 Å². The van der Waals surface area contributed by atoms with Crippen molar-refractivity contribution in [3.05, 3.63) is 0 Å². The molecule has 4 heteroatoms. The molecule has 0 aromatic heterocycles. The molecule has 2 aliphatic rings. The Bertz CT molecular complexity index is 241. The van der Waals surface area contributed by atoms with Crippen LogP contribution in [0.15, 0.2) is 0 Å². The first-order valence-corrected chi connectivity index (χ1v) is 6.69. The molecular formula is C13H25NO3. The molecule has 0 aromatic carbocycles. The van der Waals surface area contributed by atoms with E-state index in [4.69, 9.17) is 9.47 Å². The van der Waals surface area contributed by atoms with E-state index in [0.29, 0.717) is 18.8 Å². The van der Waals surface area contributed by atoms with Crippen molar-refractivity contribution in [3.63, 3.8) is 0 Å². The molecule has 3 atom stereocenters. The molecule has 17 heavy (non-hydrogen) atoms. The van der Waals surface area contributed by atoms with Gasteiger partial charge in [0, 0.05) is 31.2 Å². The average molecular weight is 243 g/mol. The van der Waals surface area contributed by atoms with Gasteiger partial charge in [-0.2, -0.15) is 0 Å². The van der Waals surface area contributed by atoms with Crippen LogP contribution < -0.4 is 0 Å². The topological polar surface area (TPSA) is 41.9 Å². The monoisotopic (exact) mass is 243 g/mol. The van der Waals surface area contributed by atoms with Gasteiger partial charge in [-0.1, -0.05) is 0 Å². The summed E-state index contributed by atoms with van der Waals surface area (Å²) in [5, 5.41) is 9.69. The number of morpholine rings is 1. The Morgan fingerprint density at radius 2 is 2.24 bits per heavy atom. The van der Waals surface area contributed by atoms with Crippen molar-refractivity contribution in [2.75, 3.05) is 39.5 Å². The lowest BCUT2D eigenvalue weighted by Gasteiger charge is -2.44. The second-order valence-electron chi connectivity index (χ2n) is 5.74.